The first-order valence-corrected chi connectivity index (χ1v) is 12.8. The van der Waals surface area contributed by atoms with Crippen molar-refractivity contribution in [2.24, 2.45) is 10.7 Å². The number of alkyl carbamates (subject to hydrolysis) is 1. The topological polar surface area (TPSA) is 162 Å². The van der Waals surface area contributed by atoms with E-state index in [9.17, 15) is 18.0 Å². The summed E-state index contributed by atoms with van der Waals surface area (Å²) in [5.41, 5.74) is 6.86. The van der Waals surface area contributed by atoms with Gasteiger partial charge in [-0.1, -0.05) is 0 Å². The lowest BCUT2D eigenvalue weighted by Gasteiger charge is -2.25. The highest BCUT2D eigenvalue weighted by molar-refractivity contribution is 7.90. The number of likely N-dealkylation sites (N-methyl/N-ethyl adjacent to an activating group) is 1. The average Bonchev–Trinajstić information content (AvgIpc) is 2.75. The molecule has 1 aromatic rings. The van der Waals surface area contributed by atoms with Crippen LogP contribution in [-0.2, 0) is 24.4 Å². The predicted molar refractivity (Wildman–Crippen MR) is 136 cm³/mol. The van der Waals surface area contributed by atoms with Crippen molar-refractivity contribution >= 4 is 28.0 Å². The van der Waals surface area contributed by atoms with E-state index in [-0.39, 0.29) is 23.8 Å². The first-order chi connectivity index (χ1) is 16.5. The van der Waals surface area contributed by atoms with Gasteiger partial charge in [-0.25, -0.2) is 23.0 Å². The van der Waals surface area contributed by atoms with Crippen LogP contribution in [0, 0.1) is 20.8 Å². The molecular formula is C23H39N5O7S. The van der Waals surface area contributed by atoms with E-state index < -0.39 is 33.7 Å². The Kier molecular flexibility index (Phi) is 11.0. The van der Waals surface area contributed by atoms with Crippen molar-refractivity contribution in [3.8, 4) is 5.75 Å². The van der Waals surface area contributed by atoms with Gasteiger partial charge >= 0.3 is 6.09 Å². The Balaban J connectivity index is 2.90. The van der Waals surface area contributed by atoms with Crippen LogP contribution in [0.25, 0.3) is 0 Å². The number of nitrogens with one attached hydrogen (secondary N) is 2. The third-order valence-corrected chi connectivity index (χ3v) is 6.86. The molecule has 13 heteroatoms. The van der Waals surface area contributed by atoms with Crippen LogP contribution in [0.5, 0.6) is 5.75 Å². The van der Waals surface area contributed by atoms with Crippen LogP contribution in [-0.4, -0.2) is 70.9 Å². The molecule has 2 amide bonds. The van der Waals surface area contributed by atoms with Crippen molar-refractivity contribution in [3.05, 3.63) is 22.8 Å². The van der Waals surface area contributed by atoms with Gasteiger partial charge in [0.05, 0.1) is 19.1 Å². The largest absolute Gasteiger partial charge is 0.496 e. The van der Waals surface area contributed by atoms with Crippen LogP contribution in [0.1, 0.15) is 50.3 Å². The monoisotopic (exact) mass is 529 g/mol. The maximum atomic E-state index is 13.0. The van der Waals surface area contributed by atoms with Crippen molar-refractivity contribution in [1.29, 1.82) is 0 Å². The number of sulfonamides is 1. The fourth-order valence-corrected chi connectivity index (χ4v) is 4.86. The van der Waals surface area contributed by atoms with Crippen molar-refractivity contribution in [3.63, 3.8) is 0 Å². The lowest BCUT2D eigenvalue weighted by atomic mass is 10.1. The molecule has 204 valence electrons. The summed E-state index contributed by atoms with van der Waals surface area (Å²) >= 11 is 0. The number of nitrogens with zero attached hydrogens (tertiary/aromatic N) is 2. The number of methoxy groups -OCH3 is 1. The highest BCUT2D eigenvalue weighted by Crippen LogP contribution is 2.30. The number of carbonyl (C=O) groups excluding carboxylic acids is 2. The third-order valence-electron chi connectivity index (χ3n) is 5.21. The van der Waals surface area contributed by atoms with E-state index in [1.54, 1.807) is 47.6 Å². The number of aryl methyl sites for hydroxylation is 1. The number of guanidine groups is 1. The Labute approximate surface area is 213 Å². The van der Waals surface area contributed by atoms with Crippen molar-refractivity contribution in [1.82, 2.24) is 15.1 Å². The quantitative estimate of drug-likeness (QED) is 0.179. The fraction of sp³-hybridized carbons (Fsp3) is 0.609. The first-order valence-electron chi connectivity index (χ1n) is 11.3. The number of rotatable bonds is 10. The Morgan fingerprint density at radius 1 is 1.17 bits per heavy atom. The molecule has 1 atom stereocenters. The van der Waals surface area contributed by atoms with Crippen LogP contribution < -0.4 is 20.5 Å². The number of nitrogens with two attached hydrogens (primary N) is 1. The Morgan fingerprint density at radius 3 is 2.31 bits per heavy atom. The molecule has 0 saturated carbocycles. The molecule has 0 spiro atoms. The second-order valence-electron chi connectivity index (χ2n) is 9.21. The number of hydrogen-bond donors (Lipinski definition) is 3. The molecule has 1 unspecified atom stereocenters. The van der Waals surface area contributed by atoms with Gasteiger partial charge in [0.1, 0.15) is 17.4 Å². The molecule has 0 aliphatic heterocycles. The van der Waals surface area contributed by atoms with E-state index in [4.69, 9.17) is 20.0 Å². The highest BCUT2D eigenvalue weighted by Gasteiger charge is 2.27. The zero-order valence-electron chi connectivity index (χ0n) is 22.5. The normalized spacial score (nSPS) is 13.1. The molecule has 0 radical (unpaired) electrons. The minimum Gasteiger partial charge on any atom is -0.496 e. The smallest absolute Gasteiger partial charge is 0.408 e. The average molecular weight is 530 g/mol. The molecule has 0 aliphatic rings. The minimum absolute atomic E-state index is 0.102. The lowest BCUT2D eigenvalue weighted by Crippen LogP contribution is -2.48. The van der Waals surface area contributed by atoms with E-state index in [0.29, 0.717) is 28.9 Å². The maximum Gasteiger partial charge on any atom is 0.408 e. The van der Waals surface area contributed by atoms with E-state index in [2.05, 4.69) is 15.0 Å². The zero-order valence-corrected chi connectivity index (χ0v) is 23.3. The van der Waals surface area contributed by atoms with Crippen LogP contribution in [0.3, 0.4) is 0 Å². The number of amides is 2. The second-order valence-corrected chi connectivity index (χ2v) is 10.8. The van der Waals surface area contributed by atoms with Gasteiger partial charge in [0.25, 0.3) is 15.9 Å². The van der Waals surface area contributed by atoms with Gasteiger partial charge in [-0.3, -0.25) is 14.6 Å². The number of hydroxylamine groups is 2. The molecular weight excluding hydrogens is 490 g/mol. The summed E-state index contributed by atoms with van der Waals surface area (Å²) in [6, 6.07) is 0.710. The summed E-state index contributed by atoms with van der Waals surface area (Å²) in [7, 11) is 0.270. The first kappa shape index (κ1) is 31.0. The Bertz CT molecular complexity index is 1080. The van der Waals surface area contributed by atoms with Gasteiger partial charge < -0.3 is 20.5 Å². The van der Waals surface area contributed by atoms with Gasteiger partial charge in [-0.2, -0.15) is 0 Å². The number of benzene rings is 1. The van der Waals surface area contributed by atoms with Crippen LogP contribution in [0.4, 0.5) is 4.79 Å². The highest BCUT2D eigenvalue weighted by atomic mass is 32.2. The molecule has 36 heavy (non-hydrogen) atoms. The molecule has 0 aliphatic carbocycles. The zero-order chi connectivity index (χ0) is 27.8. The number of hydrogen-bond acceptors (Lipinski definition) is 8. The van der Waals surface area contributed by atoms with E-state index >= 15 is 0 Å². The molecule has 0 saturated heterocycles. The van der Waals surface area contributed by atoms with E-state index in [0.717, 1.165) is 5.06 Å². The van der Waals surface area contributed by atoms with Crippen LogP contribution in [0.2, 0.25) is 0 Å². The van der Waals surface area contributed by atoms with Gasteiger partial charge in [-0.05, 0) is 77.1 Å². The number of aliphatic imine (C=N–C) groups is 1. The molecule has 0 aromatic heterocycles. The van der Waals surface area contributed by atoms with Crippen molar-refractivity contribution < 1.29 is 32.3 Å². The summed E-state index contributed by atoms with van der Waals surface area (Å²) in [6.45, 7) is 10.4. The second kappa shape index (κ2) is 12.8. The maximum absolute atomic E-state index is 13.0. The summed E-state index contributed by atoms with van der Waals surface area (Å²) in [4.78, 5) is 33.8. The summed E-state index contributed by atoms with van der Waals surface area (Å²) in [6.07, 6.45) is -0.251. The predicted octanol–water partition coefficient (Wildman–Crippen LogP) is 1.91. The third kappa shape index (κ3) is 8.86. The molecule has 1 aromatic carbocycles. The molecule has 0 heterocycles. The summed E-state index contributed by atoms with van der Waals surface area (Å²) < 4.78 is 38.7. The van der Waals surface area contributed by atoms with Gasteiger partial charge in [0.2, 0.25) is 5.96 Å². The number of carbonyl (C=O) groups is 2. The van der Waals surface area contributed by atoms with Gasteiger partial charge in [0, 0.05) is 13.6 Å². The Hall–Kier alpha value is -3.06. The summed E-state index contributed by atoms with van der Waals surface area (Å²) in [5, 5.41) is 3.52. The molecule has 0 fully saturated rings. The van der Waals surface area contributed by atoms with Gasteiger partial charge in [0.15, 0.2) is 0 Å². The Morgan fingerprint density at radius 2 is 1.78 bits per heavy atom. The lowest BCUT2D eigenvalue weighted by molar-refractivity contribution is -0.171. The van der Waals surface area contributed by atoms with E-state index in [1.165, 1.54) is 21.3 Å². The summed E-state index contributed by atoms with van der Waals surface area (Å²) in [5.74, 6) is -0.185. The van der Waals surface area contributed by atoms with E-state index in [1.807, 2.05) is 0 Å². The fourth-order valence-electron chi connectivity index (χ4n) is 3.38. The number of ether oxygens (including phenoxy) is 2. The van der Waals surface area contributed by atoms with Crippen LogP contribution in [0.15, 0.2) is 16.0 Å². The minimum atomic E-state index is -4.00. The standard InChI is InChI=1S/C23H39N5O7S/c1-14-13-18(33-8)15(2)16(3)19(14)36(31,32)27-21(24)25-12-10-11-17(20(29)28(7)34-9)26-22(30)35-23(4,5)6/h13,17H,10-12H2,1-9H3,(H,26,30)(H3,24,25,27). The van der Waals surface area contributed by atoms with Crippen molar-refractivity contribution in [2.45, 2.75) is 70.9 Å². The van der Waals surface area contributed by atoms with Crippen molar-refractivity contribution in [2.75, 3.05) is 27.8 Å². The molecule has 0 bridgehead atoms. The van der Waals surface area contributed by atoms with Crippen LogP contribution >= 0.6 is 0 Å². The SMILES string of the molecule is COc1cc(C)c(S(=O)(=O)NC(N)=NCCCC(NC(=O)OC(C)(C)C)C(=O)N(C)OC)c(C)c1C. The molecule has 1 rings (SSSR count). The van der Waals surface area contributed by atoms with Gasteiger partial charge in [-0.15, -0.1) is 0 Å². The molecule has 12 nitrogen and oxygen atoms in total. The molecule has 4 N–H and O–H groups in total.